The second-order valence-electron chi connectivity index (χ2n) is 3.84. The summed E-state index contributed by atoms with van der Waals surface area (Å²) in [7, 11) is 0. The Morgan fingerprint density at radius 2 is 2.00 bits per heavy atom. The summed E-state index contributed by atoms with van der Waals surface area (Å²) in [6, 6.07) is 5.56. The number of hydrogen-bond donors (Lipinski definition) is 2. The van der Waals surface area contributed by atoms with Gasteiger partial charge >= 0.3 is 6.18 Å². The average molecular weight is 230 g/mol. The van der Waals surface area contributed by atoms with Crippen LogP contribution in [0.4, 0.5) is 18.9 Å². The summed E-state index contributed by atoms with van der Waals surface area (Å²) in [6.07, 6.45) is -2.51. The lowest BCUT2D eigenvalue weighted by Crippen LogP contribution is -2.30. The van der Waals surface area contributed by atoms with Crippen LogP contribution < -0.4 is 10.6 Å². The van der Waals surface area contributed by atoms with Crippen molar-refractivity contribution < 1.29 is 13.2 Å². The van der Waals surface area contributed by atoms with Crippen LogP contribution in [0.25, 0.3) is 0 Å². The Kier molecular flexibility index (Phi) is 3.05. The van der Waals surface area contributed by atoms with Gasteiger partial charge in [0.15, 0.2) is 0 Å². The smallest absolute Gasteiger partial charge is 0.369 e. The Balaban J connectivity index is 2.19. The van der Waals surface area contributed by atoms with Gasteiger partial charge in [0.25, 0.3) is 0 Å². The lowest BCUT2D eigenvalue weighted by molar-refractivity contribution is -0.137. The van der Waals surface area contributed by atoms with E-state index in [1.54, 1.807) is 6.07 Å². The second-order valence-corrected chi connectivity index (χ2v) is 3.84. The monoisotopic (exact) mass is 230 g/mol. The highest BCUT2D eigenvalue weighted by molar-refractivity contribution is 5.53. The van der Waals surface area contributed by atoms with Gasteiger partial charge in [-0.05, 0) is 31.5 Å². The van der Waals surface area contributed by atoms with Gasteiger partial charge < -0.3 is 5.32 Å². The molecule has 1 aromatic carbocycles. The van der Waals surface area contributed by atoms with E-state index in [9.17, 15) is 13.2 Å². The highest BCUT2D eigenvalue weighted by atomic mass is 19.4. The third-order valence-electron chi connectivity index (χ3n) is 2.62. The third-order valence-corrected chi connectivity index (χ3v) is 2.62. The van der Waals surface area contributed by atoms with Crippen LogP contribution >= 0.6 is 0 Å². The summed E-state index contributed by atoms with van der Waals surface area (Å²) in [5, 5.41) is 5.99. The molecule has 88 valence electrons. The molecule has 0 saturated carbocycles. The van der Waals surface area contributed by atoms with Crippen molar-refractivity contribution in [1.82, 2.24) is 5.32 Å². The van der Waals surface area contributed by atoms with E-state index in [1.807, 2.05) is 0 Å². The Bertz CT molecular complexity index is 356. The molecule has 2 nitrogen and oxygen atoms in total. The predicted octanol–water partition coefficient (Wildman–Crippen LogP) is 2.83. The molecule has 16 heavy (non-hydrogen) atoms. The molecule has 1 unspecified atom stereocenters. The summed E-state index contributed by atoms with van der Waals surface area (Å²) in [5.41, 5.74) is -0.460. The van der Waals surface area contributed by atoms with Crippen LogP contribution in [0.2, 0.25) is 0 Å². The summed E-state index contributed by atoms with van der Waals surface area (Å²) < 4.78 is 38.0. The summed E-state index contributed by atoms with van der Waals surface area (Å²) in [5.74, 6) is 0. The zero-order valence-corrected chi connectivity index (χ0v) is 8.64. The number of benzene rings is 1. The van der Waals surface area contributed by atoms with E-state index >= 15 is 0 Å². The van der Waals surface area contributed by atoms with Gasteiger partial charge in [0.05, 0.1) is 11.7 Å². The molecule has 1 aliphatic heterocycles. The Morgan fingerprint density at radius 1 is 1.25 bits per heavy atom. The lowest BCUT2D eigenvalue weighted by Gasteiger charge is -2.18. The highest BCUT2D eigenvalue weighted by Gasteiger charge is 2.33. The molecule has 1 aromatic rings. The van der Waals surface area contributed by atoms with Crippen LogP contribution in [-0.2, 0) is 6.18 Å². The maximum atomic E-state index is 12.7. The second kappa shape index (κ2) is 4.33. The van der Waals surface area contributed by atoms with Crippen molar-refractivity contribution in [1.29, 1.82) is 0 Å². The summed E-state index contributed by atoms with van der Waals surface area (Å²) in [4.78, 5) is 0. The normalized spacial score (nSPS) is 21.1. The standard InChI is InChI=1S/C11H13F3N2/c12-11(13,14)8-4-1-2-5-9(8)16-10-6-3-7-15-10/h1-2,4-5,10,15-16H,3,6-7H2. The minimum atomic E-state index is -4.30. The fourth-order valence-electron chi connectivity index (χ4n) is 1.85. The molecule has 1 fully saturated rings. The molecule has 2 rings (SSSR count). The minimum absolute atomic E-state index is 0.0523. The van der Waals surface area contributed by atoms with Gasteiger partial charge in [0, 0.05) is 5.69 Å². The van der Waals surface area contributed by atoms with Gasteiger partial charge in [0.2, 0.25) is 0 Å². The number of halogens is 3. The van der Waals surface area contributed by atoms with E-state index < -0.39 is 11.7 Å². The van der Waals surface area contributed by atoms with Gasteiger partial charge in [-0.1, -0.05) is 12.1 Å². The minimum Gasteiger partial charge on any atom is -0.369 e. The van der Waals surface area contributed by atoms with Gasteiger partial charge in [0.1, 0.15) is 0 Å². The van der Waals surface area contributed by atoms with Crippen LogP contribution in [-0.4, -0.2) is 12.7 Å². The van der Waals surface area contributed by atoms with Crippen LogP contribution in [0.3, 0.4) is 0 Å². The quantitative estimate of drug-likeness (QED) is 0.816. The third kappa shape index (κ3) is 2.47. The van der Waals surface area contributed by atoms with Crippen LogP contribution in [0.15, 0.2) is 24.3 Å². The topological polar surface area (TPSA) is 24.1 Å². The molecule has 0 radical (unpaired) electrons. The van der Waals surface area contributed by atoms with Gasteiger partial charge in [-0.3, -0.25) is 5.32 Å². The van der Waals surface area contributed by atoms with Gasteiger partial charge in [-0.2, -0.15) is 13.2 Å². The molecule has 0 bridgehead atoms. The molecule has 0 aliphatic carbocycles. The molecule has 0 amide bonds. The Hall–Kier alpha value is -1.23. The van der Waals surface area contributed by atoms with Crippen molar-refractivity contribution in [2.24, 2.45) is 0 Å². The van der Waals surface area contributed by atoms with E-state index in [0.717, 1.165) is 25.5 Å². The summed E-state index contributed by atoms with van der Waals surface area (Å²) in [6.45, 7) is 0.853. The van der Waals surface area contributed by atoms with Crippen molar-refractivity contribution in [3.05, 3.63) is 29.8 Å². The largest absolute Gasteiger partial charge is 0.418 e. The molecule has 5 heteroatoms. The molecule has 1 heterocycles. The zero-order valence-electron chi connectivity index (χ0n) is 8.64. The van der Waals surface area contributed by atoms with Crippen LogP contribution in [0.5, 0.6) is 0 Å². The van der Waals surface area contributed by atoms with Crippen molar-refractivity contribution in [3.63, 3.8) is 0 Å². The molecule has 1 aliphatic rings. The van der Waals surface area contributed by atoms with E-state index in [0.29, 0.717) is 0 Å². The van der Waals surface area contributed by atoms with Crippen molar-refractivity contribution >= 4 is 5.69 Å². The first-order valence-corrected chi connectivity index (χ1v) is 5.23. The van der Waals surface area contributed by atoms with Crippen LogP contribution in [0.1, 0.15) is 18.4 Å². The molecule has 1 atom stereocenters. The molecule has 1 saturated heterocycles. The SMILES string of the molecule is FC(F)(F)c1ccccc1NC1CCCN1. The van der Waals surface area contributed by atoms with Crippen molar-refractivity contribution in [2.75, 3.05) is 11.9 Å². The fourth-order valence-corrected chi connectivity index (χ4v) is 1.85. The maximum Gasteiger partial charge on any atom is 0.418 e. The fraction of sp³-hybridized carbons (Fsp3) is 0.455. The molecular formula is C11H13F3N2. The lowest BCUT2D eigenvalue weighted by atomic mass is 10.1. The number of nitrogens with one attached hydrogen (secondary N) is 2. The molecular weight excluding hydrogens is 217 g/mol. The van der Waals surface area contributed by atoms with Crippen LogP contribution in [0, 0.1) is 0 Å². The Labute approximate surface area is 91.8 Å². The number of hydrogen-bond acceptors (Lipinski definition) is 2. The number of alkyl halides is 3. The Morgan fingerprint density at radius 3 is 2.62 bits per heavy atom. The van der Waals surface area contributed by atoms with Crippen molar-refractivity contribution in [2.45, 2.75) is 25.2 Å². The molecule has 0 aromatic heterocycles. The van der Waals surface area contributed by atoms with E-state index in [-0.39, 0.29) is 11.9 Å². The molecule has 0 spiro atoms. The van der Waals surface area contributed by atoms with Crippen molar-refractivity contribution in [3.8, 4) is 0 Å². The number of anilines is 1. The summed E-state index contributed by atoms with van der Waals surface area (Å²) >= 11 is 0. The van der Waals surface area contributed by atoms with E-state index in [4.69, 9.17) is 0 Å². The maximum absolute atomic E-state index is 12.7. The number of para-hydroxylation sites is 1. The first-order valence-electron chi connectivity index (χ1n) is 5.23. The van der Waals surface area contributed by atoms with Gasteiger partial charge in [-0.25, -0.2) is 0 Å². The number of rotatable bonds is 2. The molecule has 2 N–H and O–H groups in total. The highest BCUT2D eigenvalue weighted by Crippen LogP contribution is 2.34. The average Bonchev–Trinajstić information content (AvgIpc) is 2.70. The first-order chi connectivity index (χ1) is 7.57. The zero-order chi connectivity index (χ0) is 11.6. The first kappa shape index (κ1) is 11.3. The van der Waals surface area contributed by atoms with Gasteiger partial charge in [-0.15, -0.1) is 0 Å². The predicted molar refractivity (Wildman–Crippen MR) is 56.1 cm³/mol. The van der Waals surface area contributed by atoms with E-state index in [1.165, 1.54) is 12.1 Å². The van der Waals surface area contributed by atoms with E-state index in [2.05, 4.69) is 10.6 Å².